The van der Waals surface area contributed by atoms with E-state index in [1.54, 1.807) is 24.3 Å². The first-order valence-electron chi connectivity index (χ1n) is 6.15. The van der Waals surface area contributed by atoms with E-state index in [0.717, 1.165) is 24.7 Å². The highest BCUT2D eigenvalue weighted by Crippen LogP contribution is 2.33. The first kappa shape index (κ1) is 16.5. The van der Waals surface area contributed by atoms with Gasteiger partial charge in [0.05, 0.1) is 13.2 Å². The molecule has 0 aliphatic rings. The number of carbonyl (C=O) groups excluding carboxylic acids is 1. The van der Waals surface area contributed by atoms with Crippen LogP contribution >= 0.6 is 45.2 Å². The van der Waals surface area contributed by atoms with Gasteiger partial charge in [-0.05, 0) is 93.6 Å². The van der Waals surface area contributed by atoms with E-state index in [9.17, 15) is 9.90 Å². The largest absolute Gasteiger partial charge is 0.508 e. The maximum atomic E-state index is 10.6. The van der Waals surface area contributed by atoms with Crippen LogP contribution in [0.4, 0.5) is 0 Å². The van der Waals surface area contributed by atoms with Crippen LogP contribution in [0.25, 0.3) is 0 Å². The van der Waals surface area contributed by atoms with E-state index in [1.807, 2.05) is 12.1 Å². The maximum absolute atomic E-state index is 10.6. The van der Waals surface area contributed by atoms with Crippen LogP contribution in [0.1, 0.15) is 5.56 Å². The van der Waals surface area contributed by atoms with Crippen molar-refractivity contribution >= 4 is 51.5 Å². The number of hydrogen-bond donors (Lipinski definition) is 2. The maximum Gasteiger partial charge on any atom is 0.154 e. The molecule has 0 unspecified atom stereocenters. The quantitative estimate of drug-likeness (QED) is 0.479. The van der Waals surface area contributed by atoms with E-state index in [2.05, 4.69) is 45.2 Å². The molecule has 0 fully saturated rings. The second-order valence-electron chi connectivity index (χ2n) is 4.49. The number of ether oxygens (including phenoxy) is 1. The Labute approximate surface area is 150 Å². The molecule has 21 heavy (non-hydrogen) atoms. The van der Waals surface area contributed by atoms with Gasteiger partial charge in [0.25, 0.3) is 0 Å². The number of halogens is 2. The van der Waals surface area contributed by atoms with Crippen LogP contribution in [0.15, 0.2) is 36.4 Å². The van der Waals surface area contributed by atoms with Gasteiger partial charge in [-0.2, -0.15) is 0 Å². The van der Waals surface area contributed by atoms with Gasteiger partial charge in [-0.1, -0.05) is 0 Å². The number of aldehydes is 1. The lowest BCUT2D eigenvalue weighted by atomic mass is 10.1. The summed E-state index contributed by atoms with van der Waals surface area (Å²) in [5, 5.41) is 9.28. The molecule has 0 saturated heterocycles. The second kappa shape index (κ2) is 7.41. The summed E-state index contributed by atoms with van der Waals surface area (Å²) in [7, 11) is 0. The summed E-state index contributed by atoms with van der Waals surface area (Å²) in [4.78, 5) is 10.6. The van der Waals surface area contributed by atoms with Crippen molar-refractivity contribution in [2.24, 2.45) is 5.73 Å². The van der Waals surface area contributed by atoms with Gasteiger partial charge in [0.15, 0.2) is 5.75 Å². The number of nitrogens with two attached hydrogens (primary N) is 1. The molecule has 2 aromatic rings. The minimum absolute atomic E-state index is 0.199. The Bertz CT molecular complexity index is 621. The van der Waals surface area contributed by atoms with Crippen molar-refractivity contribution < 1.29 is 14.6 Å². The summed E-state index contributed by atoms with van der Waals surface area (Å²) in [5.41, 5.74) is 6.65. The molecule has 0 radical (unpaired) electrons. The van der Waals surface area contributed by atoms with Crippen LogP contribution in [0.5, 0.6) is 17.2 Å². The molecule has 0 spiro atoms. The lowest BCUT2D eigenvalue weighted by Crippen LogP contribution is -2.24. The number of phenolic OH excluding ortho intramolecular Hbond substituents is 1. The smallest absolute Gasteiger partial charge is 0.154 e. The minimum atomic E-state index is -0.486. The van der Waals surface area contributed by atoms with Gasteiger partial charge in [0, 0.05) is 0 Å². The second-order valence-corrected chi connectivity index (χ2v) is 6.81. The van der Waals surface area contributed by atoms with E-state index >= 15 is 0 Å². The lowest BCUT2D eigenvalue weighted by Gasteiger charge is -2.13. The summed E-state index contributed by atoms with van der Waals surface area (Å²) >= 11 is 4.39. The monoisotopic (exact) mass is 509 g/mol. The Morgan fingerprint density at radius 3 is 2.29 bits per heavy atom. The molecule has 4 nitrogen and oxygen atoms in total. The molecule has 0 amide bonds. The topological polar surface area (TPSA) is 72.6 Å². The molecule has 2 rings (SSSR count). The molecule has 1 atom stereocenters. The third-order valence-corrected chi connectivity index (χ3v) is 4.36. The van der Waals surface area contributed by atoms with E-state index < -0.39 is 6.04 Å². The molecule has 3 N–H and O–H groups in total. The van der Waals surface area contributed by atoms with E-state index in [0.29, 0.717) is 12.2 Å². The third-order valence-electron chi connectivity index (χ3n) is 2.76. The zero-order chi connectivity index (χ0) is 15.4. The highest BCUT2D eigenvalue weighted by atomic mass is 127. The minimum Gasteiger partial charge on any atom is -0.508 e. The molecule has 2 aromatic carbocycles. The Morgan fingerprint density at radius 1 is 1.19 bits per heavy atom. The molecule has 0 aliphatic carbocycles. The molecular formula is C15H13I2NO3. The Kier molecular flexibility index (Phi) is 5.82. The molecular weight excluding hydrogens is 496 g/mol. The highest BCUT2D eigenvalue weighted by molar-refractivity contribution is 14.1. The molecule has 0 saturated carbocycles. The zero-order valence-corrected chi connectivity index (χ0v) is 15.2. The van der Waals surface area contributed by atoms with E-state index in [-0.39, 0.29) is 5.75 Å². The van der Waals surface area contributed by atoms with Crippen molar-refractivity contribution in [2.75, 3.05) is 0 Å². The van der Waals surface area contributed by atoms with E-state index in [4.69, 9.17) is 10.5 Å². The first-order valence-corrected chi connectivity index (χ1v) is 8.31. The zero-order valence-electron chi connectivity index (χ0n) is 10.9. The molecule has 0 aromatic heterocycles. The summed E-state index contributed by atoms with van der Waals surface area (Å²) in [6, 6.07) is 10.00. The van der Waals surface area contributed by atoms with Crippen LogP contribution in [-0.4, -0.2) is 17.4 Å². The molecule has 6 heteroatoms. The standard InChI is InChI=1S/C15H13I2NO3/c16-13-6-9(5-10(18)8-19)7-14(17)15(13)21-12-3-1-11(20)2-4-12/h1-4,6-8,10,20H,5,18H2/t10-/m0/s1. The third kappa shape index (κ3) is 4.55. The normalized spacial score (nSPS) is 12.0. The predicted octanol–water partition coefficient (Wildman–Crippen LogP) is 3.46. The average Bonchev–Trinajstić information content (AvgIpc) is 2.44. The van der Waals surface area contributed by atoms with Gasteiger partial charge in [0.2, 0.25) is 0 Å². The van der Waals surface area contributed by atoms with Crippen molar-refractivity contribution in [3.05, 3.63) is 49.1 Å². The summed E-state index contributed by atoms with van der Waals surface area (Å²) < 4.78 is 7.74. The Balaban J connectivity index is 2.24. The van der Waals surface area contributed by atoms with Gasteiger partial charge in [-0.25, -0.2) is 0 Å². The van der Waals surface area contributed by atoms with Crippen LogP contribution in [0, 0.1) is 7.14 Å². The SMILES string of the molecule is N[C@H](C=O)Cc1cc(I)c(Oc2ccc(O)cc2)c(I)c1. The number of aromatic hydroxyl groups is 1. The number of carbonyl (C=O) groups is 1. The molecule has 110 valence electrons. The number of benzene rings is 2. The number of phenols is 1. The fraction of sp³-hybridized carbons (Fsp3) is 0.133. The molecule has 0 heterocycles. The predicted molar refractivity (Wildman–Crippen MR) is 97.8 cm³/mol. The molecule has 0 bridgehead atoms. The van der Waals surface area contributed by atoms with Crippen LogP contribution < -0.4 is 10.5 Å². The fourth-order valence-electron chi connectivity index (χ4n) is 1.78. The van der Waals surface area contributed by atoms with Crippen molar-refractivity contribution in [1.29, 1.82) is 0 Å². The lowest BCUT2D eigenvalue weighted by molar-refractivity contribution is -0.108. The Hall–Kier alpha value is -0.870. The summed E-state index contributed by atoms with van der Waals surface area (Å²) in [6.45, 7) is 0. The highest BCUT2D eigenvalue weighted by Gasteiger charge is 2.12. The van der Waals surface area contributed by atoms with Crippen molar-refractivity contribution in [1.82, 2.24) is 0 Å². The summed E-state index contributed by atoms with van der Waals surface area (Å²) in [6.07, 6.45) is 1.26. The number of rotatable bonds is 5. The number of hydrogen-bond acceptors (Lipinski definition) is 4. The Morgan fingerprint density at radius 2 is 1.76 bits per heavy atom. The van der Waals surface area contributed by atoms with E-state index in [1.165, 1.54) is 0 Å². The van der Waals surface area contributed by atoms with Crippen LogP contribution in [0.2, 0.25) is 0 Å². The van der Waals surface area contributed by atoms with Gasteiger partial charge >= 0.3 is 0 Å². The summed E-state index contributed by atoms with van der Waals surface area (Å²) in [5.74, 6) is 1.61. The van der Waals surface area contributed by atoms with Crippen molar-refractivity contribution in [2.45, 2.75) is 12.5 Å². The van der Waals surface area contributed by atoms with Gasteiger partial charge in [-0.3, -0.25) is 0 Å². The first-order chi connectivity index (χ1) is 9.99. The van der Waals surface area contributed by atoms with Gasteiger partial charge < -0.3 is 20.4 Å². The van der Waals surface area contributed by atoms with Crippen LogP contribution in [0.3, 0.4) is 0 Å². The van der Waals surface area contributed by atoms with Crippen molar-refractivity contribution in [3.8, 4) is 17.2 Å². The molecule has 0 aliphatic heterocycles. The van der Waals surface area contributed by atoms with Gasteiger partial charge in [0.1, 0.15) is 17.8 Å². The van der Waals surface area contributed by atoms with Crippen LogP contribution in [-0.2, 0) is 11.2 Å². The average molecular weight is 509 g/mol. The van der Waals surface area contributed by atoms with Gasteiger partial charge in [-0.15, -0.1) is 0 Å². The fourth-order valence-corrected chi connectivity index (χ4v) is 3.90. The van der Waals surface area contributed by atoms with Crippen molar-refractivity contribution in [3.63, 3.8) is 0 Å².